The van der Waals surface area contributed by atoms with E-state index in [-0.39, 0.29) is 11.8 Å². The summed E-state index contributed by atoms with van der Waals surface area (Å²) in [6, 6.07) is 0. The lowest BCUT2D eigenvalue weighted by molar-refractivity contribution is -0.136. The predicted octanol–water partition coefficient (Wildman–Crippen LogP) is 0.589. The van der Waals surface area contributed by atoms with Gasteiger partial charge in [-0.2, -0.15) is 0 Å². The molecule has 1 rings (SSSR count). The van der Waals surface area contributed by atoms with Gasteiger partial charge in [0.05, 0.1) is 6.26 Å². The van der Waals surface area contributed by atoms with Gasteiger partial charge in [0.25, 0.3) is 0 Å². The fraction of sp³-hybridized carbons (Fsp3) is 0.923. The number of sulfonamides is 1. The van der Waals surface area contributed by atoms with Gasteiger partial charge in [0.15, 0.2) is 0 Å². The Hall–Kier alpha value is -0.660. The zero-order valence-corrected chi connectivity index (χ0v) is 13.6. The van der Waals surface area contributed by atoms with E-state index in [0.717, 1.165) is 0 Å². The number of carbonyl (C=O) groups is 1. The van der Waals surface area contributed by atoms with Gasteiger partial charge >= 0.3 is 0 Å². The van der Waals surface area contributed by atoms with Crippen LogP contribution in [0.3, 0.4) is 0 Å². The van der Waals surface area contributed by atoms with Crippen LogP contribution in [0.5, 0.6) is 0 Å². The minimum absolute atomic E-state index is 0.0238. The number of nitrogens with one attached hydrogen (secondary N) is 1. The van der Waals surface area contributed by atoms with Crippen molar-refractivity contribution in [2.24, 2.45) is 5.92 Å². The Balaban J connectivity index is 2.73. The third-order valence-electron chi connectivity index (χ3n) is 3.71. The fourth-order valence-electron chi connectivity index (χ4n) is 2.61. The Morgan fingerprint density at radius 1 is 1.35 bits per heavy atom. The summed E-state index contributed by atoms with van der Waals surface area (Å²) in [6.07, 6.45) is 3.05. The van der Waals surface area contributed by atoms with E-state index >= 15 is 0 Å². The minimum atomic E-state index is -3.28. The molecule has 0 unspecified atom stereocenters. The highest BCUT2D eigenvalue weighted by atomic mass is 32.2. The van der Waals surface area contributed by atoms with E-state index in [2.05, 4.69) is 4.72 Å². The molecule has 0 atom stereocenters. The van der Waals surface area contributed by atoms with Crippen LogP contribution in [-0.2, 0) is 19.6 Å². The van der Waals surface area contributed by atoms with E-state index in [0.29, 0.717) is 39.0 Å². The topological polar surface area (TPSA) is 75.7 Å². The molecule has 1 amide bonds. The summed E-state index contributed by atoms with van der Waals surface area (Å²) >= 11 is 0. The quantitative estimate of drug-likeness (QED) is 0.779. The molecule has 0 aromatic rings. The molecule has 0 radical (unpaired) electrons. The molecule has 118 valence electrons. The molecular formula is C13H26N2O4S. The summed E-state index contributed by atoms with van der Waals surface area (Å²) in [5, 5.41) is 0. The number of carbonyl (C=O) groups excluding carboxylic acids is 1. The van der Waals surface area contributed by atoms with Gasteiger partial charge in [-0.3, -0.25) is 4.79 Å². The van der Waals surface area contributed by atoms with E-state index in [9.17, 15) is 13.2 Å². The number of likely N-dealkylation sites (tertiary alicyclic amines) is 1. The molecule has 1 fully saturated rings. The first kappa shape index (κ1) is 17.4. The van der Waals surface area contributed by atoms with Crippen molar-refractivity contribution < 1.29 is 17.9 Å². The third kappa shape index (κ3) is 5.03. The van der Waals surface area contributed by atoms with Crippen LogP contribution in [0.1, 0.15) is 33.1 Å². The molecular weight excluding hydrogens is 280 g/mol. The summed E-state index contributed by atoms with van der Waals surface area (Å²) in [6.45, 7) is 5.43. The molecule has 1 saturated heterocycles. The van der Waals surface area contributed by atoms with Crippen LogP contribution >= 0.6 is 0 Å². The lowest BCUT2D eigenvalue weighted by atomic mass is 9.85. The summed E-state index contributed by atoms with van der Waals surface area (Å²) in [5.41, 5.74) is -0.489. The molecule has 1 heterocycles. The number of nitrogens with zero attached hydrogens (tertiary/aromatic N) is 1. The van der Waals surface area contributed by atoms with Crippen molar-refractivity contribution in [1.29, 1.82) is 0 Å². The smallest absolute Gasteiger partial charge is 0.225 e. The second-order valence-corrected chi connectivity index (χ2v) is 7.63. The van der Waals surface area contributed by atoms with Crippen LogP contribution in [0.25, 0.3) is 0 Å². The van der Waals surface area contributed by atoms with Gasteiger partial charge in [0.2, 0.25) is 15.9 Å². The Kier molecular flexibility index (Phi) is 5.97. The highest BCUT2D eigenvalue weighted by molar-refractivity contribution is 7.88. The lowest BCUT2D eigenvalue weighted by Gasteiger charge is -2.42. The fourth-order valence-corrected chi connectivity index (χ4v) is 3.71. The van der Waals surface area contributed by atoms with E-state index in [4.69, 9.17) is 4.74 Å². The van der Waals surface area contributed by atoms with Crippen molar-refractivity contribution in [3.05, 3.63) is 0 Å². The SMILES string of the molecule is COCCC1(NS(C)(=O)=O)CCN(C(=O)C(C)C)CC1. The number of rotatable bonds is 6. The summed E-state index contributed by atoms with van der Waals surface area (Å²) in [7, 11) is -1.67. The van der Waals surface area contributed by atoms with Gasteiger partial charge < -0.3 is 9.64 Å². The summed E-state index contributed by atoms with van der Waals surface area (Å²) < 4.78 is 30.9. The van der Waals surface area contributed by atoms with E-state index in [1.54, 1.807) is 7.11 Å². The largest absolute Gasteiger partial charge is 0.385 e. The maximum absolute atomic E-state index is 12.0. The molecule has 20 heavy (non-hydrogen) atoms. The molecule has 0 saturated carbocycles. The first-order valence-electron chi connectivity index (χ1n) is 6.96. The summed E-state index contributed by atoms with van der Waals surface area (Å²) in [5.74, 6) is 0.106. The Bertz CT molecular complexity index is 426. The maximum atomic E-state index is 12.0. The second kappa shape index (κ2) is 6.87. The van der Waals surface area contributed by atoms with Gasteiger partial charge in [0.1, 0.15) is 0 Å². The minimum Gasteiger partial charge on any atom is -0.385 e. The number of amides is 1. The van der Waals surface area contributed by atoms with Crippen LogP contribution in [0.2, 0.25) is 0 Å². The third-order valence-corrected chi connectivity index (χ3v) is 4.52. The molecule has 1 aliphatic rings. The number of hydrogen-bond acceptors (Lipinski definition) is 4. The molecule has 1 aliphatic heterocycles. The van der Waals surface area contributed by atoms with Crippen LogP contribution < -0.4 is 4.72 Å². The molecule has 6 nitrogen and oxygen atoms in total. The maximum Gasteiger partial charge on any atom is 0.225 e. The van der Waals surface area contributed by atoms with Crippen molar-refractivity contribution in [3.8, 4) is 0 Å². The molecule has 0 aromatic carbocycles. The standard InChI is InChI=1S/C13H26N2O4S/c1-11(2)12(16)15-8-5-13(6-9-15,7-10-19-3)14-20(4,17)18/h11,14H,5-10H2,1-4H3. The van der Waals surface area contributed by atoms with Gasteiger partial charge in [0, 0.05) is 38.3 Å². The van der Waals surface area contributed by atoms with Gasteiger partial charge in [-0.1, -0.05) is 13.8 Å². The van der Waals surface area contributed by atoms with E-state index < -0.39 is 15.6 Å². The van der Waals surface area contributed by atoms with E-state index in [1.165, 1.54) is 6.26 Å². The number of ether oxygens (including phenoxy) is 1. The van der Waals surface area contributed by atoms with Crippen molar-refractivity contribution in [1.82, 2.24) is 9.62 Å². The average Bonchev–Trinajstić information content (AvgIpc) is 2.34. The van der Waals surface area contributed by atoms with Crippen molar-refractivity contribution in [2.75, 3.05) is 33.1 Å². The lowest BCUT2D eigenvalue weighted by Crippen LogP contribution is -2.56. The van der Waals surface area contributed by atoms with Crippen LogP contribution in [0, 0.1) is 5.92 Å². The predicted molar refractivity (Wildman–Crippen MR) is 77.9 cm³/mol. The van der Waals surface area contributed by atoms with Gasteiger partial charge in [-0.15, -0.1) is 0 Å². The molecule has 0 aromatic heterocycles. The second-order valence-electron chi connectivity index (χ2n) is 5.88. The molecule has 0 bridgehead atoms. The van der Waals surface area contributed by atoms with E-state index in [1.807, 2.05) is 18.7 Å². The van der Waals surface area contributed by atoms with Crippen LogP contribution in [0.15, 0.2) is 0 Å². The Morgan fingerprint density at radius 3 is 2.30 bits per heavy atom. The number of piperidine rings is 1. The Morgan fingerprint density at radius 2 is 1.90 bits per heavy atom. The summed E-state index contributed by atoms with van der Waals surface area (Å²) in [4.78, 5) is 13.8. The van der Waals surface area contributed by atoms with Crippen molar-refractivity contribution in [2.45, 2.75) is 38.6 Å². The number of hydrogen-bond donors (Lipinski definition) is 1. The molecule has 1 N–H and O–H groups in total. The van der Waals surface area contributed by atoms with Crippen molar-refractivity contribution >= 4 is 15.9 Å². The zero-order valence-electron chi connectivity index (χ0n) is 12.8. The first-order valence-corrected chi connectivity index (χ1v) is 8.85. The number of methoxy groups -OCH3 is 1. The van der Waals surface area contributed by atoms with Crippen molar-refractivity contribution in [3.63, 3.8) is 0 Å². The molecule has 7 heteroatoms. The average molecular weight is 306 g/mol. The van der Waals surface area contributed by atoms with Crippen LogP contribution in [-0.4, -0.2) is 57.8 Å². The molecule has 0 aliphatic carbocycles. The normalized spacial score (nSPS) is 19.4. The molecule has 0 spiro atoms. The first-order chi connectivity index (χ1) is 9.19. The highest BCUT2D eigenvalue weighted by Crippen LogP contribution is 2.27. The van der Waals surface area contributed by atoms with Gasteiger partial charge in [-0.05, 0) is 19.3 Å². The Labute approximate surface area is 121 Å². The zero-order chi connectivity index (χ0) is 15.4. The van der Waals surface area contributed by atoms with Gasteiger partial charge in [-0.25, -0.2) is 13.1 Å². The monoisotopic (exact) mass is 306 g/mol. The highest BCUT2D eigenvalue weighted by Gasteiger charge is 2.38. The van der Waals surface area contributed by atoms with Crippen LogP contribution in [0.4, 0.5) is 0 Å².